The first-order valence-electron chi connectivity index (χ1n) is 4.95. The zero-order chi connectivity index (χ0) is 10.1. The Labute approximate surface area is 84.0 Å². The third-order valence-corrected chi connectivity index (χ3v) is 2.89. The molecule has 1 aromatic carbocycles. The molecule has 0 aliphatic heterocycles. The van der Waals surface area contributed by atoms with E-state index in [1.165, 1.54) is 5.56 Å². The number of anilines is 1. The predicted octanol–water partition coefficient (Wildman–Crippen LogP) is 1.61. The molecule has 4 N–H and O–H groups in total. The van der Waals surface area contributed by atoms with Crippen LogP contribution in [0, 0.1) is 0 Å². The highest BCUT2D eigenvalue weighted by atomic mass is 16.5. The van der Waals surface area contributed by atoms with Gasteiger partial charge < -0.3 is 16.2 Å². The average Bonchev–Trinajstić information content (AvgIpc) is 2.18. The smallest absolute Gasteiger partial charge is 0.142 e. The Balaban J connectivity index is 2.54. The molecular weight excluding hydrogens is 176 g/mol. The first-order valence-corrected chi connectivity index (χ1v) is 4.95. The second-order valence-corrected chi connectivity index (χ2v) is 3.75. The molecule has 0 aromatic heterocycles. The van der Waals surface area contributed by atoms with Crippen molar-refractivity contribution in [2.45, 2.75) is 25.3 Å². The van der Waals surface area contributed by atoms with Gasteiger partial charge in [0.2, 0.25) is 0 Å². The number of rotatable bonds is 1. The minimum absolute atomic E-state index is 0.0776. The predicted molar refractivity (Wildman–Crippen MR) is 57.3 cm³/mol. The Bertz CT molecular complexity index is 349. The zero-order valence-electron chi connectivity index (χ0n) is 8.42. The van der Waals surface area contributed by atoms with Crippen LogP contribution in [-0.4, -0.2) is 7.11 Å². The molecule has 0 heterocycles. The number of aryl methyl sites for hydroxylation is 1. The molecule has 0 spiro atoms. The van der Waals surface area contributed by atoms with Crippen molar-refractivity contribution in [1.29, 1.82) is 0 Å². The molecule has 1 aromatic rings. The van der Waals surface area contributed by atoms with Crippen LogP contribution in [0.3, 0.4) is 0 Å². The van der Waals surface area contributed by atoms with Crippen LogP contribution in [0.5, 0.6) is 5.75 Å². The van der Waals surface area contributed by atoms with Gasteiger partial charge in [-0.1, -0.05) is 6.07 Å². The van der Waals surface area contributed by atoms with E-state index in [-0.39, 0.29) is 6.04 Å². The lowest BCUT2D eigenvalue weighted by molar-refractivity contribution is 0.415. The average molecular weight is 192 g/mol. The third kappa shape index (κ3) is 1.34. The van der Waals surface area contributed by atoms with Gasteiger partial charge in [-0.3, -0.25) is 0 Å². The molecule has 0 unspecified atom stereocenters. The Morgan fingerprint density at radius 2 is 2.21 bits per heavy atom. The minimum Gasteiger partial charge on any atom is -0.495 e. The van der Waals surface area contributed by atoms with E-state index in [2.05, 4.69) is 6.07 Å². The molecule has 14 heavy (non-hydrogen) atoms. The number of nitrogens with two attached hydrogens (primary N) is 2. The van der Waals surface area contributed by atoms with Crippen LogP contribution < -0.4 is 16.2 Å². The number of hydrogen-bond acceptors (Lipinski definition) is 3. The molecule has 0 radical (unpaired) electrons. The van der Waals surface area contributed by atoms with Crippen LogP contribution >= 0.6 is 0 Å². The van der Waals surface area contributed by atoms with E-state index in [0.717, 1.165) is 36.3 Å². The van der Waals surface area contributed by atoms with Gasteiger partial charge >= 0.3 is 0 Å². The van der Waals surface area contributed by atoms with E-state index < -0.39 is 0 Å². The number of benzene rings is 1. The van der Waals surface area contributed by atoms with E-state index >= 15 is 0 Å². The summed E-state index contributed by atoms with van der Waals surface area (Å²) in [6.45, 7) is 0. The number of hydrogen-bond donors (Lipinski definition) is 2. The first-order chi connectivity index (χ1) is 6.74. The maximum atomic E-state index is 6.04. The molecule has 1 atom stereocenters. The van der Waals surface area contributed by atoms with Crippen LogP contribution in [0.25, 0.3) is 0 Å². The summed E-state index contributed by atoms with van der Waals surface area (Å²) in [6, 6.07) is 4.07. The molecule has 3 heteroatoms. The molecule has 1 aliphatic rings. The lowest BCUT2D eigenvalue weighted by Crippen LogP contribution is -2.19. The minimum atomic E-state index is 0.0776. The van der Waals surface area contributed by atoms with E-state index in [9.17, 15) is 0 Å². The maximum absolute atomic E-state index is 6.04. The summed E-state index contributed by atoms with van der Waals surface area (Å²) < 4.78 is 5.18. The molecular formula is C11H16N2O. The fraction of sp³-hybridized carbons (Fsp3) is 0.455. The second-order valence-electron chi connectivity index (χ2n) is 3.75. The van der Waals surface area contributed by atoms with E-state index in [1.807, 2.05) is 6.07 Å². The van der Waals surface area contributed by atoms with Gasteiger partial charge in [-0.25, -0.2) is 0 Å². The van der Waals surface area contributed by atoms with Crippen molar-refractivity contribution < 1.29 is 4.74 Å². The maximum Gasteiger partial charge on any atom is 0.142 e. The molecule has 3 nitrogen and oxygen atoms in total. The van der Waals surface area contributed by atoms with Crippen LogP contribution in [0.1, 0.15) is 30.0 Å². The van der Waals surface area contributed by atoms with E-state index in [1.54, 1.807) is 7.11 Å². The Morgan fingerprint density at radius 1 is 1.43 bits per heavy atom. The van der Waals surface area contributed by atoms with Gasteiger partial charge in [-0.2, -0.15) is 0 Å². The Hall–Kier alpha value is -1.22. The first kappa shape index (κ1) is 9.34. The molecule has 2 rings (SSSR count). The molecule has 0 amide bonds. The van der Waals surface area contributed by atoms with Crippen molar-refractivity contribution in [3.8, 4) is 5.75 Å². The quantitative estimate of drug-likeness (QED) is 0.664. The van der Waals surface area contributed by atoms with Gasteiger partial charge in [0, 0.05) is 6.04 Å². The summed E-state index contributed by atoms with van der Waals surface area (Å²) in [5, 5.41) is 0. The largest absolute Gasteiger partial charge is 0.495 e. The molecule has 0 saturated heterocycles. The second kappa shape index (κ2) is 3.50. The third-order valence-electron chi connectivity index (χ3n) is 2.89. The topological polar surface area (TPSA) is 61.3 Å². The van der Waals surface area contributed by atoms with Crippen molar-refractivity contribution >= 4 is 5.69 Å². The number of nitrogen functional groups attached to an aromatic ring is 1. The van der Waals surface area contributed by atoms with Crippen molar-refractivity contribution in [2.24, 2.45) is 5.73 Å². The summed E-state index contributed by atoms with van der Waals surface area (Å²) >= 11 is 0. The lowest BCUT2D eigenvalue weighted by atomic mass is 9.87. The van der Waals surface area contributed by atoms with Gasteiger partial charge in [0.05, 0.1) is 12.8 Å². The number of methoxy groups -OCH3 is 1. The highest BCUT2D eigenvalue weighted by molar-refractivity contribution is 5.63. The lowest BCUT2D eigenvalue weighted by Gasteiger charge is -2.24. The van der Waals surface area contributed by atoms with Gasteiger partial charge in [0.1, 0.15) is 5.75 Å². The van der Waals surface area contributed by atoms with Crippen molar-refractivity contribution in [1.82, 2.24) is 0 Å². The monoisotopic (exact) mass is 192 g/mol. The summed E-state index contributed by atoms with van der Waals surface area (Å²) in [6.07, 6.45) is 3.25. The van der Waals surface area contributed by atoms with Crippen LogP contribution in [0.15, 0.2) is 12.1 Å². The Morgan fingerprint density at radius 3 is 2.93 bits per heavy atom. The van der Waals surface area contributed by atoms with Crippen molar-refractivity contribution in [3.63, 3.8) is 0 Å². The summed E-state index contributed by atoms with van der Waals surface area (Å²) in [7, 11) is 1.63. The number of ether oxygens (including phenoxy) is 1. The SMILES string of the molecule is COc1ccc2c(c1N)[C@H](N)CCC2. The van der Waals surface area contributed by atoms with Gasteiger partial charge in [-0.15, -0.1) is 0 Å². The van der Waals surface area contributed by atoms with Gasteiger partial charge in [0.25, 0.3) is 0 Å². The standard InChI is InChI=1S/C11H16N2O/c1-14-9-6-5-7-3-2-4-8(12)10(7)11(9)13/h5-6,8H,2-4,12-13H2,1H3/t8-/m1/s1. The summed E-state index contributed by atoms with van der Waals surface area (Å²) in [4.78, 5) is 0. The summed E-state index contributed by atoms with van der Waals surface area (Å²) in [5.74, 6) is 0.737. The van der Waals surface area contributed by atoms with Crippen LogP contribution in [0.4, 0.5) is 5.69 Å². The highest BCUT2D eigenvalue weighted by Gasteiger charge is 2.21. The molecule has 0 fully saturated rings. The molecule has 76 valence electrons. The number of fused-ring (bicyclic) bond motifs is 1. The van der Waals surface area contributed by atoms with Crippen LogP contribution in [-0.2, 0) is 6.42 Å². The summed E-state index contributed by atoms with van der Waals surface area (Å²) in [5.41, 5.74) is 15.1. The fourth-order valence-corrected chi connectivity index (χ4v) is 2.15. The highest BCUT2D eigenvalue weighted by Crippen LogP contribution is 2.37. The van der Waals surface area contributed by atoms with Crippen molar-refractivity contribution in [3.05, 3.63) is 23.3 Å². The van der Waals surface area contributed by atoms with Crippen molar-refractivity contribution in [2.75, 3.05) is 12.8 Å². The van der Waals surface area contributed by atoms with Crippen LogP contribution in [0.2, 0.25) is 0 Å². The van der Waals surface area contributed by atoms with E-state index in [0.29, 0.717) is 0 Å². The molecule has 0 bridgehead atoms. The van der Waals surface area contributed by atoms with E-state index in [4.69, 9.17) is 16.2 Å². The fourth-order valence-electron chi connectivity index (χ4n) is 2.15. The molecule has 0 saturated carbocycles. The zero-order valence-corrected chi connectivity index (χ0v) is 8.42. The Kier molecular flexibility index (Phi) is 2.33. The molecule has 1 aliphatic carbocycles. The van der Waals surface area contributed by atoms with Gasteiger partial charge in [-0.05, 0) is 36.5 Å². The van der Waals surface area contributed by atoms with Gasteiger partial charge in [0.15, 0.2) is 0 Å². The normalized spacial score (nSPS) is 20.3.